The SMILES string of the molecule is CCCNC(CCC1CCCC1)c1ccc(OC)cc1F. The molecule has 0 heterocycles. The highest BCUT2D eigenvalue weighted by molar-refractivity contribution is 5.30. The third-order valence-electron chi connectivity index (χ3n) is 4.56. The first-order chi connectivity index (χ1) is 10.2. The molecule has 3 heteroatoms. The number of ether oxygens (including phenoxy) is 1. The zero-order chi connectivity index (χ0) is 15.1. The van der Waals surface area contributed by atoms with Crippen LogP contribution in [0.2, 0.25) is 0 Å². The Kier molecular flexibility index (Phi) is 6.50. The van der Waals surface area contributed by atoms with E-state index in [1.165, 1.54) is 38.2 Å². The Morgan fingerprint density at radius 3 is 2.71 bits per heavy atom. The molecule has 0 bridgehead atoms. The fraction of sp³-hybridized carbons (Fsp3) is 0.667. The Labute approximate surface area is 128 Å². The lowest BCUT2D eigenvalue weighted by Gasteiger charge is -2.21. The molecule has 1 atom stereocenters. The molecule has 118 valence electrons. The van der Waals surface area contributed by atoms with Gasteiger partial charge in [-0.25, -0.2) is 4.39 Å². The van der Waals surface area contributed by atoms with Crippen molar-refractivity contribution in [3.05, 3.63) is 29.6 Å². The fourth-order valence-corrected chi connectivity index (χ4v) is 3.30. The van der Waals surface area contributed by atoms with E-state index < -0.39 is 0 Å². The number of halogens is 1. The van der Waals surface area contributed by atoms with Crippen LogP contribution in [0.25, 0.3) is 0 Å². The standard InChI is InChI=1S/C18H28FNO/c1-3-12-20-18(11-8-14-6-4-5-7-14)16-10-9-15(21-2)13-17(16)19/h9-10,13-14,18,20H,3-8,11-12H2,1-2H3. The van der Waals surface area contributed by atoms with E-state index in [2.05, 4.69) is 12.2 Å². The van der Waals surface area contributed by atoms with Crippen molar-refractivity contribution in [2.24, 2.45) is 5.92 Å². The van der Waals surface area contributed by atoms with Crippen molar-refractivity contribution >= 4 is 0 Å². The Bertz CT molecular complexity index is 429. The molecule has 0 spiro atoms. The fourth-order valence-electron chi connectivity index (χ4n) is 3.30. The maximum Gasteiger partial charge on any atom is 0.131 e. The van der Waals surface area contributed by atoms with E-state index in [0.717, 1.165) is 30.9 Å². The first-order valence-electron chi connectivity index (χ1n) is 8.31. The number of methoxy groups -OCH3 is 1. The second kappa shape index (κ2) is 8.38. The largest absolute Gasteiger partial charge is 0.497 e. The highest BCUT2D eigenvalue weighted by atomic mass is 19.1. The minimum Gasteiger partial charge on any atom is -0.497 e. The van der Waals surface area contributed by atoms with Gasteiger partial charge in [0.2, 0.25) is 0 Å². The van der Waals surface area contributed by atoms with E-state index in [4.69, 9.17) is 4.74 Å². The number of hydrogen-bond donors (Lipinski definition) is 1. The van der Waals surface area contributed by atoms with Crippen LogP contribution in [-0.4, -0.2) is 13.7 Å². The minimum atomic E-state index is -0.158. The van der Waals surface area contributed by atoms with E-state index in [0.29, 0.717) is 5.75 Å². The zero-order valence-corrected chi connectivity index (χ0v) is 13.3. The molecule has 0 saturated heterocycles. The smallest absolute Gasteiger partial charge is 0.131 e. The molecular formula is C18H28FNO. The van der Waals surface area contributed by atoms with Crippen molar-refractivity contribution in [2.75, 3.05) is 13.7 Å². The lowest BCUT2D eigenvalue weighted by Crippen LogP contribution is -2.23. The van der Waals surface area contributed by atoms with Gasteiger partial charge < -0.3 is 10.1 Å². The molecule has 1 unspecified atom stereocenters. The molecule has 1 aliphatic carbocycles. The third kappa shape index (κ3) is 4.70. The summed E-state index contributed by atoms with van der Waals surface area (Å²) in [7, 11) is 1.57. The summed E-state index contributed by atoms with van der Waals surface area (Å²) in [5.41, 5.74) is 0.780. The summed E-state index contributed by atoms with van der Waals surface area (Å²) >= 11 is 0. The number of rotatable bonds is 8. The molecule has 1 fully saturated rings. The van der Waals surface area contributed by atoms with Crippen LogP contribution in [0.1, 0.15) is 63.5 Å². The van der Waals surface area contributed by atoms with Gasteiger partial charge in [-0.05, 0) is 37.8 Å². The van der Waals surface area contributed by atoms with E-state index >= 15 is 0 Å². The van der Waals surface area contributed by atoms with Gasteiger partial charge in [-0.3, -0.25) is 0 Å². The Morgan fingerprint density at radius 1 is 1.33 bits per heavy atom. The second-order valence-electron chi connectivity index (χ2n) is 6.12. The zero-order valence-electron chi connectivity index (χ0n) is 13.3. The van der Waals surface area contributed by atoms with Gasteiger partial charge in [0.15, 0.2) is 0 Å². The van der Waals surface area contributed by atoms with Crippen molar-refractivity contribution in [1.82, 2.24) is 5.32 Å². The van der Waals surface area contributed by atoms with Crippen molar-refractivity contribution in [2.45, 2.75) is 57.9 Å². The Morgan fingerprint density at radius 2 is 2.10 bits per heavy atom. The van der Waals surface area contributed by atoms with E-state index in [1.54, 1.807) is 7.11 Å². The predicted octanol–water partition coefficient (Wildman–Crippen LogP) is 4.85. The topological polar surface area (TPSA) is 21.3 Å². The molecule has 2 nitrogen and oxygen atoms in total. The lowest BCUT2D eigenvalue weighted by atomic mass is 9.94. The number of hydrogen-bond acceptors (Lipinski definition) is 2. The van der Waals surface area contributed by atoms with E-state index in [-0.39, 0.29) is 11.9 Å². The maximum atomic E-state index is 14.3. The molecule has 21 heavy (non-hydrogen) atoms. The summed E-state index contributed by atoms with van der Waals surface area (Å²) < 4.78 is 19.4. The molecule has 0 radical (unpaired) electrons. The molecular weight excluding hydrogens is 265 g/mol. The molecule has 1 saturated carbocycles. The van der Waals surface area contributed by atoms with Crippen LogP contribution in [-0.2, 0) is 0 Å². The molecule has 1 N–H and O–H groups in total. The number of benzene rings is 1. The van der Waals surface area contributed by atoms with Crippen molar-refractivity contribution in [3.63, 3.8) is 0 Å². The van der Waals surface area contributed by atoms with Crippen LogP contribution >= 0.6 is 0 Å². The van der Waals surface area contributed by atoms with E-state index in [9.17, 15) is 4.39 Å². The van der Waals surface area contributed by atoms with Gasteiger partial charge in [0, 0.05) is 17.7 Å². The van der Waals surface area contributed by atoms with Gasteiger partial charge in [-0.15, -0.1) is 0 Å². The number of nitrogens with one attached hydrogen (secondary N) is 1. The van der Waals surface area contributed by atoms with Crippen molar-refractivity contribution in [3.8, 4) is 5.75 Å². The first-order valence-corrected chi connectivity index (χ1v) is 8.31. The molecule has 1 aromatic rings. The van der Waals surface area contributed by atoms with Gasteiger partial charge in [0.25, 0.3) is 0 Å². The summed E-state index contributed by atoms with van der Waals surface area (Å²) in [4.78, 5) is 0. The average Bonchev–Trinajstić information content (AvgIpc) is 3.01. The normalized spacial score (nSPS) is 17.1. The summed E-state index contributed by atoms with van der Waals surface area (Å²) in [6, 6.07) is 5.34. The first kappa shape index (κ1) is 16.3. The molecule has 0 aromatic heterocycles. The summed E-state index contributed by atoms with van der Waals surface area (Å²) in [6.07, 6.45) is 8.74. The van der Waals surface area contributed by atoms with Crippen LogP contribution in [0.3, 0.4) is 0 Å². The van der Waals surface area contributed by atoms with Gasteiger partial charge in [-0.2, -0.15) is 0 Å². The van der Waals surface area contributed by atoms with Crippen LogP contribution in [0.15, 0.2) is 18.2 Å². The predicted molar refractivity (Wildman–Crippen MR) is 85.2 cm³/mol. The van der Waals surface area contributed by atoms with Gasteiger partial charge in [0.1, 0.15) is 11.6 Å². The van der Waals surface area contributed by atoms with Gasteiger partial charge >= 0.3 is 0 Å². The molecule has 1 aromatic carbocycles. The molecule has 0 aliphatic heterocycles. The van der Waals surface area contributed by atoms with Gasteiger partial charge in [-0.1, -0.05) is 38.7 Å². The van der Waals surface area contributed by atoms with Crippen LogP contribution in [0.5, 0.6) is 5.75 Å². The Balaban J connectivity index is 2.03. The Hall–Kier alpha value is -1.09. The quantitative estimate of drug-likeness (QED) is 0.740. The van der Waals surface area contributed by atoms with Crippen LogP contribution in [0, 0.1) is 11.7 Å². The third-order valence-corrected chi connectivity index (χ3v) is 4.56. The monoisotopic (exact) mass is 293 g/mol. The van der Waals surface area contributed by atoms with Crippen LogP contribution < -0.4 is 10.1 Å². The summed E-state index contributed by atoms with van der Waals surface area (Å²) in [5, 5.41) is 3.51. The molecule has 1 aliphatic rings. The van der Waals surface area contributed by atoms with Gasteiger partial charge in [0.05, 0.1) is 7.11 Å². The maximum absolute atomic E-state index is 14.3. The van der Waals surface area contributed by atoms with E-state index in [1.807, 2.05) is 12.1 Å². The minimum absolute atomic E-state index is 0.122. The van der Waals surface area contributed by atoms with Crippen molar-refractivity contribution in [1.29, 1.82) is 0 Å². The highest BCUT2D eigenvalue weighted by Crippen LogP contribution is 2.32. The second-order valence-corrected chi connectivity index (χ2v) is 6.12. The van der Waals surface area contributed by atoms with Crippen LogP contribution in [0.4, 0.5) is 4.39 Å². The highest BCUT2D eigenvalue weighted by Gasteiger charge is 2.20. The average molecular weight is 293 g/mol. The van der Waals surface area contributed by atoms with Crippen molar-refractivity contribution < 1.29 is 9.13 Å². The summed E-state index contributed by atoms with van der Waals surface area (Å²) in [6.45, 7) is 3.08. The summed E-state index contributed by atoms with van der Waals surface area (Å²) in [5.74, 6) is 1.27. The molecule has 0 amide bonds. The lowest BCUT2D eigenvalue weighted by molar-refractivity contribution is 0.395. The molecule has 2 rings (SSSR count).